The zero-order chi connectivity index (χ0) is 18.7. The lowest BCUT2D eigenvalue weighted by atomic mass is 10.2. The highest BCUT2D eigenvalue weighted by atomic mass is 32.1. The van der Waals surface area contributed by atoms with E-state index in [1.807, 2.05) is 19.9 Å². The second-order valence-corrected chi connectivity index (χ2v) is 7.23. The van der Waals surface area contributed by atoms with Gasteiger partial charge in [0.15, 0.2) is 0 Å². The molecule has 7 nitrogen and oxygen atoms in total. The van der Waals surface area contributed by atoms with E-state index in [2.05, 4.69) is 20.8 Å². The van der Waals surface area contributed by atoms with Crippen molar-refractivity contribution in [3.05, 3.63) is 40.8 Å². The SMILES string of the molecule is COc1ccc(C(=O)Nc2[nH]nc3sc(CC(=O)NC(C)C)cc23)cc1. The number of nitrogens with one attached hydrogen (secondary N) is 3. The number of benzene rings is 1. The monoisotopic (exact) mass is 372 g/mol. The lowest BCUT2D eigenvalue weighted by Gasteiger charge is -2.06. The number of aromatic amines is 1. The third kappa shape index (κ3) is 4.02. The van der Waals surface area contributed by atoms with Crippen LogP contribution in [-0.2, 0) is 11.2 Å². The van der Waals surface area contributed by atoms with Gasteiger partial charge in [0, 0.05) is 16.5 Å². The molecule has 8 heteroatoms. The van der Waals surface area contributed by atoms with Gasteiger partial charge in [-0.05, 0) is 44.2 Å². The van der Waals surface area contributed by atoms with Gasteiger partial charge < -0.3 is 15.4 Å². The van der Waals surface area contributed by atoms with Gasteiger partial charge in [0.1, 0.15) is 16.4 Å². The number of H-pyrrole nitrogens is 1. The maximum atomic E-state index is 12.4. The van der Waals surface area contributed by atoms with Gasteiger partial charge in [-0.25, -0.2) is 0 Å². The van der Waals surface area contributed by atoms with Crippen LogP contribution in [0.5, 0.6) is 5.75 Å². The largest absolute Gasteiger partial charge is 0.497 e. The van der Waals surface area contributed by atoms with E-state index in [4.69, 9.17) is 4.74 Å². The number of hydrogen-bond donors (Lipinski definition) is 3. The number of methoxy groups -OCH3 is 1. The number of fused-ring (bicyclic) bond motifs is 1. The summed E-state index contributed by atoms with van der Waals surface area (Å²) in [6.07, 6.45) is 0.297. The van der Waals surface area contributed by atoms with E-state index >= 15 is 0 Å². The van der Waals surface area contributed by atoms with Crippen molar-refractivity contribution in [2.24, 2.45) is 0 Å². The van der Waals surface area contributed by atoms with Gasteiger partial charge in [-0.15, -0.1) is 11.3 Å². The molecule has 3 aromatic rings. The van der Waals surface area contributed by atoms with E-state index in [1.54, 1.807) is 31.4 Å². The van der Waals surface area contributed by atoms with Crippen LogP contribution in [0, 0.1) is 0 Å². The number of anilines is 1. The average Bonchev–Trinajstić information content (AvgIpc) is 3.15. The summed E-state index contributed by atoms with van der Waals surface area (Å²) in [6, 6.07) is 8.83. The van der Waals surface area contributed by atoms with Crippen LogP contribution in [0.1, 0.15) is 29.1 Å². The molecule has 3 rings (SSSR count). The van der Waals surface area contributed by atoms with Gasteiger partial charge in [0.05, 0.1) is 18.9 Å². The summed E-state index contributed by atoms with van der Waals surface area (Å²) in [7, 11) is 1.58. The molecule has 0 saturated carbocycles. The van der Waals surface area contributed by atoms with E-state index in [0.29, 0.717) is 23.6 Å². The predicted octanol–water partition coefficient (Wildman–Crippen LogP) is 2.95. The van der Waals surface area contributed by atoms with Gasteiger partial charge in [-0.2, -0.15) is 5.10 Å². The molecule has 0 aliphatic heterocycles. The van der Waals surface area contributed by atoms with Gasteiger partial charge >= 0.3 is 0 Å². The van der Waals surface area contributed by atoms with Crippen LogP contribution in [0.4, 0.5) is 5.82 Å². The normalized spacial score (nSPS) is 10.9. The molecule has 0 unspecified atom stereocenters. The van der Waals surface area contributed by atoms with E-state index < -0.39 is 0 Å². The first kappa shape index (κ1) is 17.9. The Morgan fingerprint density at radius 3 is 2.65 bits per heavy atom. The summed E-state index contributed by atoms with van der Waals surface area (Å²) in [5.41, 5.74) is 0.514. The molecule has 2 amide bonds. The van der Waals surface area contributed by atoms with Crippen molar-refractivity contribution < 1.29 is 14.3 Å². The van der Waals surface area contributed by atoms with Crippen molar-refractivity contribution in [2.45, 2.75) is 26.3 Å². The Bertz CT molecular complexity index is 928. The van der Waals surface area contributed by atoms with Crippen molar-refractivity contribution >= 4 is 39.2 Å². The van der Waals surface area contributed by atoms with E-state index in [0.717, 1.165) is 15.1 Å². The number of nitrogens with zero attached hydrogens (tertiary/aromatic N) is 1. The second kappa shape index (κ2) is 7.57. The Hall–Kier alpha value is -2.87. The summed E-state index contributed by atoms with van der Waals surface area (Å²) >= 11 is 1.43. The number of ether oxygens (including phenoxy) is 1. The first-order valence-electron chi connectivity index (χ1n) is 8.18. The minimum absolute atomic E-state index is 0.0308. The van der Waals surface area contributed by atoms with Crippen LogP contribution in [-0.4, -0.2) is 35.2 Å². The molecule has 0 bridgehead atoms. The smallest absolute Gasteiger partial charge is 0.256 e. The molecular weight excluding hydrogens is 352 g/mol. The summed E-state index contributed by atoms with van der Waals surface area (Å²) < 4.78 is 5.09. The summed E-state index contributed by atoms with van der Waals surface area (Å²) in [5, 5.41) is 13.5. The molecule has 26 heavy (non-hydrogen) atoms. The van der Waals surface area contributed by atoms with Crippen LogP contribution in [0.15, 0.2) is 30.3 Å². The first-order valence-corrected chi connectivity index (χ1v) is 8.99. The highest BCUT2D eigenvalue weighted by molar-refractivity contribution is 7.18. The van der Waals surface area contributed by atoms with Crippen LogP contribution < -0.4 is 15.4 Å². The molecule has 3 N–H and O–H groups in total. The lowest BCUT2D eigenvalue weighted by Crippen LogP contribution is -2.31. The quantitative estimate of drug-likeness (QED) is 0.620. The number of carbonyl (C=O) groups excluding carboxylic acids is 2. The maximum absolute atomic E-state index is 12.4. The molecule has 0 aliphatic rings. The average molecular weight is 372 g/mol. The lowest BCUT2D eigenvalue weighted by molar-refractivity contribution is -0.120. The van der Waals surface area contributed by atoms with Crippen LogP contribution in [0.3, 0.4) is 0 Å². The minimum atomic E-state index is -0.247. The van der Waals surface area contributed by atoms with Crippen molar-refractivity contribution in [1.29, 1.82) is 0 Å². The number of aromatic nitrogens is 2. The molecule has 0 aliphatic carbocycles. The van der Waals surface area contributed by atoms with E-state index in [9.17, 15) is 9.59 Å². The fraction of sp³-hybridized carbons (Fsp3) is 0.278. The highest BCUT2D eigenvalue weighted by Crippen LogP contribution is 2.29. The minimum Gasteiger partial charge on any atom is -0.497 e. The molecule has 0 spiro atoms. The molecular formula is C18H20N4O3S. The molecule has 2 aromatic heterocycles. The third-order valence-corrected chi connectivity index (χ3v) is 4.71. The molecule has 1 aromatic carbocycles. The van der Waals surface area contributed by atoms with Crippen LogP contribution in [0.25, 0.3) is 10.2 Å². The zero-order valence-corrected chi connectivity index (χ0v) is 15.6. The summed E-state index contributed by atoms with van der Waals surface area (Å²) in [6.45, 7) is 3.85. The number of rotatable bonds is 6. The van der Waals surface area contributed by atoms with Crippen LogP contribution >= 0.6 is 11.3 Å². The van der Waals surface area contributed by atoms with Gasteiger partial charge in [0.25, 0.3) is 5.91 Å². The standard InChI is InChI=1S/C18H20N4O3S/c1-10(2)19-15(23)9-13-8-14-16(21-22-18(14)26-13)20-17(24)11-4-6-12(25-3)7-5-11/h4-8,10H,9H2,1-3H3,(H,19,23)(H2,20,21,22,24). The van der Waals surface area contributed by atoms with Crippen molar-refractivity contribution in [1.82, 2.24) is 15.5 Å². The van der Waals surface area contributed by atoms with Gasteiger partial charge in [0.2, 0.25) is 5.91 Å². The van der Waals surface area contributed by atoms with Crippen molar-refractivity contribution in [3.8, 4) is 5.75 Å². The third-order valence-electron chi connectivity index (χ3n) is 3.68. The Balaban J connectivity index is 1.73. The number of thiophene rings is 1. The van der Waals surface area contributed by atoms with Crippen molar-refractivity contribution in [2.75, 3.05) is 12.4 Å². The molecule has 0 radical (unpaired) electrons. The Kier molecular flexibility index (Phi) is 5.22. The van der Waals surface area contributed by atoms with E-state index in [-0.39, 0.29) is 17.9 Å². The molecule has 2 heterocycles. The molecule has 136 valence electrons. The van der Waals surface area contributed by atoms with E-state index in [1.165, 1.54) is 11.3 Å². The van der Waals surface area contributed by atoms with Crippen LogP contribution in [0.2, 0.25) is 0 Å². The Morgan fingerprint density at radius 1 is 1.27 bits per heavy atom. The van der Waals surface area contributed by atoms with Gasteiger partial charge in [-0.1, -0.05) is 0 Å². The number of carbonyl (C=O) groups is 2. The fourth-order valence-corrected chi connectivity index (χ4v) is 3.49. The zero-order valence-electron chi connectivity index (χ0n) is 14.8. The Labute approximate surface area is 154 Å². The fourth-order valence-electron chi connectivity index (χ4n) is 2.50. The highest BCUT2D eigenvalue weighted by Gasteiger charge is 2.15. The molecule has 0 fully saturated rings. The topological polar surface area (TPSA) is 96.1 Å². The second-order valence-electron chi connectivity index (χ2n) is 6.11. The number of amides is 2. The summed E-state index contributed by atoms with van der Waals surface area (Å²) in [5.74, 6) is 0.931. The Morgan fingerprint density at radius 2 is 2.00 bits per heavy atom. The molecule has 0 saturated heterocycles. The maximum Gasteiger partial charge on any atom is 0.256 e. The van der Waals surface area contributed by atoms with Crippen molar-refractivity contribution in [3.63, 3.8) is 0 Å². The summed E-state index contributed by atoms with van der Waals surface area (Å²) in [4.78, 5) is 26.0. The van der Waals surface area contributed by atoms with Gasteiger partial charge in [-0.3, -0.25) is 14.7 Å². The number of hydrogen-bond acceptors (Lipinski definition) is 5. The predicted molar refractivity (Wildman–Crippen MR) is 102 cm³/mol. The first-order chi connectivity index (χ1) is 12.5. The molecule has 0 atom stereocenters.